The molecule has 1 aromatic heterocycles. The fourth-order valence-corrected chi connectivity index (χ4v) is 6.49. The minimum absolute atomic E-state index is 0.0760. The molecular weight excluding hydrogens is 430 g/mol. The van der Waals surface area contributed by atoms with E-state index in [0.717, 1.165) is 52.7 Å². The summed E-state index contributed by atoms with van der Waals surface area (Å²) >= 11 is 1.57. The van der Waals surface area contributed by atoms with E-state index in [0.29, 0.717) is 12.3 Å². The predicted octanol–water partition coefficient (Wildman–Crippen LogP) is 5.19. The van der Waals surface area contributed by atoms with Crippen molar-refractivity contribution >= 4 is 34.5 Å². The van der Waals surface area contributed by atoms with Gasteiger partial charge in [0.25, 0.3) is 0 Å². The van der Waals surface area contributed by atoms with E-state index in [4.69, 9.17) is 0 Å². The summed E-state index contributed by atoms with van der Waals surface area (Å²) in [6.45, 7) is 0.454. The SMILES string of the molecule is Cn1c2c(c3ccccc31)[C@H](C(=O)NCc1ccccc1)N(C1CCCCCC1)C(=O)CS2. The smallest absolute Gasteiger partial charge is 0.247 e. The van der Waals surface area contributed by atoms with Crippen LogP contribution in [0.1, 0.15) is 55.7 Å². The minimum atomic E-state index is -0.611. The van der Waals surface area contributed by atoms with Gasteiger partial charge in [0.1, 0.15) is 6.04 Å². The van der Waals surface area contributed by atoms with Gasteiger partial charge >= 0.3 is 0 Å². The van der Waals surface area contributed by atoms with Crippen LogP contribution < -0.4 is 5.32 Å². The van der Waals surface area contributed by atoms with Crippen LogP contribution in [0.3, 0.4) is 0 Å². The van der Waals surface area contributed by atoms with Crippen LogP contribution in [0.15, 0.2) is 59.6 Å². The summed E-state index contributed by atoms with van der Waals surface area (Å²) in [5.74, 6) is 0.361. The molecule has 1 N–H and O–H groups in total. The summed E-state index contributed by atoms with van der Waals surface area (Å²) in [7, 11) is 2.04. The average Bonchev–Trinajstić information content (AvgIpc) is 3.04. The first-order valence-corrected chi connectivity index (χ1v) is 13.0. The maximum absolute atomic E-state index is 13.9. The molecule has 5 rings (SSSR count). The lowest BCUT2D eigenvalue weighted by molar-refractivity contribution is -0.142. The van der Waals surface area contributed by atoms with Crippen LogP contribution in [0.2, 0.25) is 0 Å². The van der Waals surface area contributed by atoms with Crippen LogP contribution >= 0.6 is 11.8 Å². The van der Waals surface area contributed by atoms with Crippen molar-refractivity contribution in [3.63, 3.8) is 0 Å². The zero-order chi connectivity index (χ0) is 22.8. The Hall–Kier alpha value is -2.73. The first-order valence-electron chi connectivity index (χ1n) is 12.0. The number of benzene rings is 2. The lowest BCUT2D eigenvalue weighted by atomic mass is 9.98. The van der Waals surface area contributed by atoms with Gasteiger partial charge in [0, 0.05) is 36.1 Å². The van der Waals surface area contributed by atoms with E-state index < -0.39 is 6.04 Å². The molecule has 1 fully saturated rings. The van der Waals surface area contributed by atoms with Crippen LogP contribution in [0, 0.1) is 0 Å². The number of para-hydroxylation sites is 1. The van der Waals surface area contributed by atoms with Crippen molar-refractivity contribution in [1.82, 2.24) is 14.8 Å². The molecule has 1 atom stereocenters. The Morgan fingerprint density at radius 3 is 2.45 bits per heavy atom. The molecule has 2 amide bonds. The molecule has 0 spiro atoms. The van der Waals surface area contributed by atoms with Crippen LogP contribution in [-0.4, -0.2) is 33.1 Å². The van der Waals surface area contributed by atoms with E-state index in [1.165, 1.54) is 12.8 Å². The molecule has 3 aromatic rings. The number of rotatable bonds is 4. The second-order valence-corrected chi connectivity index (χ2v) is 10.1. The molecule has 1 saturated carbocycles. The number of thioether (sulfide) groups is 1. The Labute approximate surface area is 199 Å². The molecule has 33 heavy (non-hydrogen) atoms. The molecule has 6 heteroatoms. The van der Waals surface area contributed by atoms with Gasteiger partial charge in [-0.1, -0.05) is 86.0 Å². The number of amides is 2. The topological polar surface area (TPSA) is 54.3 Å². The lowest BCUT2D eigenvalue weighted by Gasteiger charge is -2.36. The molecule has 172 valence electrons. The summed E-state index contributed by atoms with van der Waals surface area (Å²) in [5, 5.41) is 5.26. The van der Waals surface area contributed by atoms with Gasteiger partial charge in [-0.2, -0.15) is 0 Å². The van der Waals surface area contributed by atoms with Crippen LogP contribution in [0.5, 0.6) is 0 Å². The van der Waals surface area contributed by atoms with Crippen LogP contribution in [-0.2, 0) is 23.2 Å². The van der Waals surface area contributed by atoms with Gasteiger partial charge < -0.3 is 14.8 Å². The monoisotopic (exact) mass is 461 g/mol. The van der Waals surface area contributed by atoms with E-state index in [9.17, 15) is 9.59 Å². The quantitative estimate of drug-likeness (QED) is 0.544. The Bertz CT molecular complexity index is 1150. The second kappa shape index (κ2) is 9.64. The number of hydrogen-bond acceptors (Lipinski definition) is 3. The van der Waals surface area contributed by atoms with Crippen LogP contribution in [0.4, 0.5) is 0 Å². The molecule has 1 aliphatic carbocycles. The summed E-state index contributed by atoms with van der Waals surface area (Å²) in [4.78, 5) is 29.4. The molecule has 2 aliphatic rings. The first-order chi connectivity index (χ1) is 16.1. The van der Waals surface area contributed by atoms with E-state index in [1.807, 2.05) is 54.4 Å². The number of nitrogens with zero attached hydrogens (tertiary/aromatic N) is 2. The van der Waals surface area contributed by atoms with Crippen molar-refractivity contribution in [3.05, 3.63) is 65.7 Å². The number of aryl methyl sites for hydroxylation is 1. The van der Waals surface area contributed by atoms with E-state index in [-0.39, 0.29) is 17.9 Å². The summed E-state index contributed by atoms with van der Waals surface area (Å²) in [6, 6.07) is 17.7. The molecular formula is C27H31N3O2S. The normalized spacial score (nSPS) is 19.7. The van der Waals surface area contributed by atoms with E-state index in [1.54, 1.807) is 11.8 Å². The van der Waals surface area contributed by atoms with Crippen LogP contribution in [0.25, 0.3) is 10.9 Å². The summed E-state index contributed by atoms with van der Waals surface area (Å²) in [6.07, 6.45) is 6.58. The second-order valence-electron chi connectivity index (χ2n) is 9.14. The molecule has 0 saturated heterocycles. The van der Waals surface area contributed by atoms with E-state index in [2.05, 4.69) is 22.0 Å². The number of aromatic nitrogens is 1. The maximum Gasteiger partial charge on any atom is 0.247 e. The third-order valence-electron chi connectivity index (χ3n) is 7.04. The van der Waals surface area contributed by atoms with Gasteiger partial charge in [0.15, 0.2) is 0 Å². The highest BCUT2D eigenvalue weighted by molar-refractivity contribution is 8.00. The standard InChI is InChI=1S/C27H31N3O2S/c1-29-22-16-10-9-15-21(22)24-25(26(32)28-17-19-11-5-4-6-12-19)30(23(31)18-33-27(24)29)20-13-7-2-3-8-14-20/h4-6,9-12,15-16,20,25H,2-3,7-8,13-14,17-18H2,1H3,(H,28,32)/t25-/m1/s1. The first kappa shape index (κ1) is 22.1. The molecule has 0 bridgehead atoms. The van der Waals surface area contributed by atoms with Crippen molar-refractivity contribution in [2.24, 2.45) is 7.05 Å². The lowest BCUT2D eigenvalue weighted by Crippen LogP contribution is -2.48. The van der Waals surface area contributed by atoms with Gasteiger partial charge in [-0.3, -0.25) is 9.59 Å². The van der Waals surface area contributed by atoms with Gasteiger partial charge in [-0.25, -0.2) is 0 Å². The average molecular weight is 462 g/mol. The minimum Gasteiger partial charge on any atom is -0.350 e. The van der Waals surface area contributed by atoms with Crippen molar-refractivity contribution in [1.29, 1.82) is 0 Å². The molecule has 0 radical (unpaired) electrons. The van der Waals surface area contributed by atoms with Gasteiger partial charge in [0.2, 0.25) is 11.8 Å². The highest BCUT2D eigenvalue weighted by Gasteiger charge is 2.41. The Kier molecular flexibility index (Phi) is 6.45. The molecule has 0 unspecified atom stereocenters. The summed E-state index contributed by atoms with van der Waals surface area (Å²) < 4.78 is 2.15. The molecule has 1 aliphatic heterocycles. The van der Waals surface area contributed by atoms with Crippen molar-refractivity contribution in [2.45, 2.75) is 62.2 Å². The van der Waals surface area contributed by atoms with Crippen molar-refractivity contribution in [2.75, 3.05) is 5.75 Å². The summed E-state index contributed by atoms with van der Waals surface area (Å²) in [5.41, 5.74) is 3.14. The van der Waals surface area contributed by atoms with Gasteiger partial charge in [-0.15, -0.1) is 0 Å². The predicted molar refractivity (Wildman–Crippen MR) is 133 cm³/mol. The maximum atomic E-state index is 13.9. The van der Waals surface area contributed by atoms with E-state index >= 15 is 0 Å². The molecule has 2 heterocycles. The highest BCUT2D eigenvalue weighted by atomic mass is 32.2. The zero-order valence-corrected chi connectivity index (χ0v) is 19.9. The number of hydrogen-bond donors (Lipinski definition) is 1. The third-order valence-corrected chi connectivity index (χ3v) is 8.20. The number of fused-ring (bicyclic) bond motifs is 3. The van der Waals surface area contributed by atoms with Gasteiger partial charge in [0.05, 0.1) is 10.8 Å². The van der Waals surface area contributed by atoms with Gasteiger partial charge in [-0.05, 0) is 24.5 Å². The number of carbonyl (C=O) groups is 2. The number of carbonyl (C=O) groups excluding carboxylic acids is 2. The zero-order valence-electron chi connectivity index (χ0n) is 19.1. The number of nitrogens with one attached hydrogen (secondary N) is 1. The Morgan fingerprint density at radius 1 is 1.00 bits per heavy atom. The molecule has 5 nitrogen and oxygen atoms in total. The Morgan fingerprint density at radius 2 is 1.70 bits per heavy atom. The highest BCUT2D eigenvalue weighted by Crippen LogP contribution is 2.43. The largest absolute Gasteiger partial charge is 0.350 e. The molecule has 2 aromatic carbocycles. The fourth-order valence-electron chi connectivity index (χ4n) is 5.42. The van der Waals surface area contributed by atoms with Crippen molar-refractivity contribution in [3.8, 4) is 0 Å². The van der Waals surface area contributed by atoms with Crippen molar-refractivity contribution < 1.29 is 9.59 Å². The Balaban J connectivity index is 1.59. The third kappa shape index (κ3) is 4.29. The fraction of sp³-hybridized carbons (Fsp3) is 0.407.